The van der Waals surface area contributed by atoms with E-state index in [1.807, 2.05) is 48.5 Å². The number of hydrogen-bond acceptors (Lipinski definition) is 2. The van der Waals surface area contributed by atoms with Crippen LogP contribution in [-0.4, -0.2) is 16.6 Å². The minimum absolute atomic E-state index is 0.131. The van der Waals surface area contributed by atoms with Crippen LogP contribution in [-0.2, 0) is 4.79 Å². The van der Waals surface area contributed by atoms with Gasteiger partial charge in [0.2, 0.25) is 0 Å². The zero-order valence-electron chi connectivity index (χ0n) is 32.0. The summed E-state index contributed by atoms with van der Waals surface area (Å²) in [6.07, 6.45) is 22.3. The molecule has 3 heteroatoms. The van der Waals surface area contributed by atoms with Crippen molar-refractivity contribution in [2.24, 2.45) is 57.0 Å². The van der Waals surface area contributed by atoms with Crippen LogP contribution in [0.2, 0.25) is 0 Å². The lowest BCUT2D eigenvalue weighted by Gasteiger charge is -2.72. The van der Waals surface area contributed by atoms with Crippen LogP contribution < -0.4 is 5.73 Å². The van der Waals surface area contributed by atoms with Crippen molar-refractivity contribution in [1.29, 1.82) is 0 Å². The van der Waals surface area contributed by atoms with Crippen molar-refractivity contribution in [3.8, 4) is 0 Å². The van der Waals surface area contributed by atoms with Crippen LogP contribution in [0.4, 0.5) is 0 Å². The van der Waals surface area contributed by atoms with E-state index in [2.05, 4.69) is 53.3 Å². The van der Waals surface area contributed by atoms with E-state index in [9.17, 15) is 9.90 Å². The molecule has 0 bridgehead atoms. The molecule has 4 saturated carbocycles. The van der Waals surface area contributed by atoms with Crippen molar-refractivity contribution in [3.63, 3.8) is 0 Å². The van der Waals surface area contributed by atoms with Crippen molar-refractivity contribution in [3.05, 3.63) is 36.0 Å². The topological polar surface area (TPSA) is 63.3 Å². The van der Waals surface area contributed by atoms with Gasteiger partial charge in [-0.1, -0.05) is 101 Å². The fourth-order valence-corrected chi connectivity index (χ4v) is 12.1. The second kappa shape index (κ2) is 15.7. The van der Waals surface area contributed by atoms with Crippen molar-refractivity contribution >= 4 is 5.97 Å². The van der Waals surface area contributed by atoms with E-state index in [0.29, 0.717) is 28.6 Å². The molecule has 6 aliphatic rings. The molecule has 5 unspecified atom stereocenters. The van der Waals surface area contributed by atoms with Crippen molar-refractivity contribution in [2.75, 3.05) is 0 Å². The predicted molar refractivity (Wildman–Crippen MR) is 196 cm³/mol. The summed E-state index contributed by atoms with van der Waals surface area (Å²) in [6, 6.07) is 0. The average molecular weight is 626 g/mol. The van der Waals surface area contributed by atoms with Gasteiger partial charge in [0.1, 0.15) is 0 Å². The Labute approximate surface area is 280 Å². The highest BCUT2D eigenvalue weighted by molar-refractivity contribution is 5.70. The normalized spacial score (nSPS) is 42.0. The SMILES string of the molecule is C=CC.CC.CC.CC.CC1(C)C(C2=CCC(C(=O)O)CC2)=CCC2(C)[C@H]3CCC4[C@H]5CCCC5(N)CC[C@@]4(C)C3(C)CC[C@@H]12. The largest absolute Gasteiger partial charge is 0.481 e. The van der Waals surface area contributed by atoms with E-state index < -0.39 is 5.97 Å². The molecule has 9 atom stereocenters. The van der Waals surface area contributed by atoms with E-state index in [1.165, 1.54) is 69.8 Å². The Morgan fingerprint density at radius 1 is 0.822 bits per heavy atom. The molecule has 0 aromatic carbocycles. The van der Waals surface area contributed by atoms with E-state index in [4.69, 9.17) is 5.73 Å². The highest BCUT2D eigenvalue weighted by atomic mass is 16.4. The maximum Gasteiger partial charge on any atom is 0.306 e. The van der Waals surface area contributed by atoms with Crippen LogP contribution in [0, 0.1) is 51.2 Å². The third-order valence-electron chi connectivity index (χ3n) is 14.1. The zero-order valence-corrected chi connectivity index (χ0v) is 32.0. The highest BCUT2D eigenvalue weighted by Gasteiger charge is 2.69. The summed E-state index contributed by atoms with van der Waals surface area (Å²) in [5.74, 6) is 2.23. The third-order valence-corrected chi connectivity index (χ3v) is 14.1. The van der Waals surface area contributed by atoms with Gasteiger partial charge in [0.15, 0.2) is 0 Å². The van der Waals surface area contributed by atoms with Crippen LogP contribution in [0.15, 0.2) is 36.0 Å². The van der Waals surface area contributed by atoms with Gasteiger partial charge in [-0.15, -0.1) is 6.58 Å². The smallest absolute Gasteiger partial charge is 0.306 e. The molecule has 0 aromatic rings. The lowest BCUT2D eigenvalue weighted by atomic mass is 9.33. The quantitative estimate of drug-likeness (QED) is 0.300. The van der Waals surface area contributed by atoms with Gasteiger partial charge < -0.3 is 10.8 Å². The fourth-order valence-electron chi connectivity index (χ4n) is 12.1. The lowest BCUT2D eigenvalue weighted by Crippen LogP contribution is -2.66. The average Bonchev–Trinajstić information content (AvgIpc) is 3.42. The minimum atomic E-state index is -0.627. The first kappa shape index (κ1) is 39.8. The number of aliphatic carboxylic acids is 1. The minimum Gasteiger partial charge on any atom is -0.481 e. The van der Waals surface area contributed by atoms with Gasteiger partial charge in [0, 0.05) is 5.54 Å². The molecule has 6 rings (SSSR count). The summed E-state index contributed by atoms with van der Waals surface area (Å²) in [7, 11) is 0. The molecule has 6 aliphatic carbocycles. The van der Waals surface area contributed by atoms with Gasteiger partial charge >= 0.3 is 5.97 Å². The number of carboxylic acid groups (broad SMARTS) is 1. The maximum absolute atomic E-state index is 11.5. The molecule has 3 N–H and O–H groups in total. The number of allylic oxidation sites excluding steroid dienone is 5. The van der Waals surface area contributed by atoms with Gasteiger partial charge in [0.25, 0.3) is 0 Å². The monoisotopic (exact) mass is 626 g/mol. The Bertz CT molecular complexity index is 1050. The Kier molecular flexibility index (Phi) is 13.9. The molecular formula is C42H75NO2. The summed E-state index contributed by atoms with van der Waals surface area (Å²) in [5, 5.41) is 9.48. The summed E-state index contributed by atoms with van der Waals surface area (Å²) in [4.78, 5) is 11.5. The maximum atomic E-state index is 11.5. The molecule has 0 aromatic heterocycles. The molecule has 0 heterocycles. The highest BCUT2D eigenvalue weighted by Crippen LogP contribution is 2.75. The van der Waals surface area contributed by atoms with E-state index >= 15 is 0 Å². The molecule has 45 heavy (non-hydrogen) atoms. The van der Waals surface area contributed by atoms with Gasteiger partial charge in [-0.3, -0.25) is 4.79 Å². The van der Waals surface area contributed by atoms with Crippen molar-refractivity contribution < 1.29 is 9.90 Å². The Balaban J connectivity index is 0.000000717. The van der Waals surface area contributed by atoms with E-state index in [1.54, 1.807) is 11.6 Å². The fraction of sp³-hybridized carbons (Fsp3) is 0.833. The number of carbonyl (C=O) groups is 1. The molecule has 260 valence electrons. The molecule has 0 saturated heterocycles. The summed E-state index contributed by atoms with van der Waals surface area (Å²) < 4.78 is 0. The number of rotatable bonds is 2. The number of fused-ring (bicyclic) bond motifs is 7. The summed E-state index contributed by atoms with van der Waals surface area (Å²) >= 11 is 0. The van der Waals surface area contributed by atoms with Gasteiger partial charge in [-0.05, 0) is 140 Å². The molecule has 0 radical (unpaired) electrons. The van der Waals surface area contributed by atoms with Crippen LogP contribution in [0.5, 0.6) is 0 Å². The van der Waals surface area contributed by atoms with Crippen LogP contribution in [0.1, 0.15) is 167 Å². The first-order valence-electron chi connectivity index (χ1n) is 19.3. The lowest BCUT2D eigenvalue weighted by molar-refractivity contribution is -0.216. The number of carboxylic acids is 1. The predicted octanol–water partition coefficient (Wildman–Crippen LogP) is 12.2. The van der Waals surface area contributed by atoms with Crippen LogP contribution in [0.3, 0.4) is 0 Å². The van der Waals surface area contributed by atoms with Crippen LogP contribution >= 0.6 is 0 Å². The molecule has 3 nitrogen and oxygen atoms in total. The Morgan fingerprint density at radius 3 is 2.00 bits per heavy atom. The Hall–Kier alpha value is -1.35. The standard InChI is InChI=1S/C33H51NO2.C3H6.3C2H6/c1-29(2)23(21-8-10-22(11-9-21)28(35)36)14-17-30(3)26(29)15-18-32(5)27(30)13-12-24-25-7-6-16-33(25,34)20-19-31(24,32)4;1-3-2;3*1-2/h8,14,22,24-27H,6-7,9-13,15-20,34H2,1-5H3,(H,35,36);3H,1H2,2H3;3*1-2H3/t22?,24?,25-,26+,27-,30?,31-,32?,33?;;;;/m1..../s1. The van der Waals surface area contributed by atoms with Crippen LogP contribution in [0.25, 0.3) is 0 Å². The summed E-state index contributed by atoms with van der Waals surface area (Å²) in [6.45, 7) is 30.4. The number of hydrogen-bond donors (Lipinski definition) is 2. The molecule has 0 aliphatic heterocycles. The summed E-state index contributed by atoms with van der Waals surface area (Å²) in [5.41, 5.74) is 11.5. The van der Waals surface area contributed by atoms with Crippen molar-refractivity contribution in [1.82, 2.24) is 0 Å². The second-order valence-electron chi connectivity index (χ2n) is 15.9. The first-order valence-corrected chi connectivity index (χ1v) is 19.3. The van der Waals surface area contributed by atoms with Gasteiger partial charge in [0.05, 0.1) is 5.92 Å². The van der Waals surface area contributed by atoms with E-state index in [-0.39, 0.29) is 16.9 Å². The van der Waals surface area contributed by atoms with Gasteiger partial charge in [-0.25, -0.2) is 0 Å². The first-order chi connectivity index (χ1) is 21.3. The number of nitrogens with two attached hydrogens (primary N) is 1. The van der Waals surface area contributed by atoms with E-state index in [0.717, 1.165) is 30.6 Å². The molecule has 0 spiro atoms. The van der Waals surface area contributed by atoms with Crippen molar-refractivity contribution in [2.45, 2.75) is 172 Å². The molecular weight excluding hydrogens is 550 g/mol. The zero-order chi connectivity index (χ0) is 34.4. The molecule has 4 fully saturated rings. The Morgan fingerprint density at radius 2 is 1.44 bits per heavy atom. The van der Waals surface area contributed by atoms with Gasteiger partial charge in [-0.2, -0.15) is 0 Å². The molecule has 0 amide bonds. The second-order valence-corrected chi connectivity index (χ2v) is 15.9. The third kappa shape index (κ3) is 6.69.